The molecule has 1 amide bonds. The highest BCUT2D eigenvalue weighted by atomic mass is 16.6. The molecule has 3 nitrogen and oxygen atoms in total. The Balaban J connectivity index is 2.35. The third-order valence-electron chi connectivity index (χ3n) is 1.83. The van der Waals surface area contributed by atoms with E-state index >= 15 is 0 Å². The van der Waals surface area contributed by atoms with Gasteiger partial charge in [0.25, 0.3) is 0 Å². The molecule has 1 atom stereocenters. The molecule has 0 fully saturated rings. The predicted octanol–water partition coefficient (Wildman–Crippen LogP) is 1.79. The first kappa shape index (κ1) is 9.10. The fourth-order valence-corrected chi connectivity index (χ4v) is 1.11. The minimum atomic E-state index is -0.258. The van der Waals surface area contributed by atoms with Gasteiger partial charge in [0.2, 0.25) is 0 Å². The van der Waals surface area contributed by atoms with Crippen LogP contribution < -0.4 is 0 Å². The van der Waals surface area contributed by atoms with Crippen LogP contribution in [0.3, 0.4) is 0 Å². The standard InChI is InChI=1S/C9H15NO2/c1-10(2)9(11)12-8-6-4-3-5-7-8/h4,6,8H,3,5,7H2,1-2H3. The maximum absolute atomic E-state index is 11.1. The average molecular weight is 169 g/mol. The minimum absolute atomic E-state index is 0.00588. The van der Waals surface area contributed by atoms with Gasteiger partial charge in [-0.3, -0.25) is 0 Å². The van der Waals surface area contributed by atoms with Crippen molar-refractivity contribution in [2.24, 2.45) is 0 Å². The van der Waals surface area contributed by atoms with E-state index in [2.05, 4.69) is 6.08 Å². The van der Waals surface area contributed by atoms with Gasteiger partial charge >= 0.3 is 6.09 Å². The molecule has 0 aromatic carbocycles. The number of ether oxygens (including phenoxy) is 1. The molecule has 12 heavy (non-hydrogen) atoms. The molecule has 0 bridgehead atoms. The topological polar surface area (TPSA) is 29.5 Å². The summed E-state index contributed by atoms with van der Waals surface area (Å²) < 4.78 is 5.15. The zero-order valence-corrected chi connectivity index (χ0v) is 7.62. The molecular formula is C9H15NO2. The first-order chi connectivity index (χ1) is 5.70. The van der Waals surface area contributed by atoms with Crippen LogP contribution in [0.1, 0.15) is 19.3 Å². The highest BCUT2D eigenvalue weighted by Gasteiger charge is 2.14. The summed E-state index contributed by atoms with van der Waals surface area (Å²) in [6.45, 7) is 0. The Morgan fingerprint density at radius 3 is 2.83 bits per heavy atom. The molecule has 0 aliphatic heterocycles. The van der Waals surface area contributed by atoms with Crippen molar-refractivity contribution in [2.45, 2.75) is 25.4 Å². The number of hydrogen-bond donors (Lipinski definition) is 0. The minimum Gasteiger partial charge on any atom is -0.442 e. The third-order valence-corrected chi connectivity index (χ3v) is 1.83. The lowest BCUT2D eigenvalue weighted by Gasteiger charge is -2.19. The molecule has 0 saturated heterocycles. The lowest BCUT2D eigenvalue weighted by Crippen LogP contribution is -2.27. The Labute approximate surface area is 73.0 Å². The third kappa shape index (κ3) is 2.57. The van der Waals surface area contributed by atoms with Crippen molar-refractivity contribution in [3.63, 3.8) is 0 Å². The molecule has 0 aromatic rings. The number of rotatable bonds is 1. The van der Waals surface area contributed by atoms with Crippen LogP contribution in [0.5, 0.6) is 0 Å². The van der Waals surface area contributed by atoms with Gasteiger partial charge in [0.15, 0.2) is 0 Å². The molecule has 0 saturated carbocycles. The summed E-state index contributed by atoms with van der Waals surface area (Å²) in [6, 6.07) is 0. The van der Waals surface area contributed by atoms with Crippen LogP contribution in [0.15, 0.2) is 12.2 Å². The van der Waals surface area contributed by atoms with Gasteiger partial charge in [-0.15, -0.1) is 0 Å². The Bertz CT molecular complexity index is 187. The highest BCUT2D eigenvalue weighted by Crippen LogP contribution is 2.13. The Hall–Kier alpha value is -0.990. The molecule has 1 aliphatic carbocycles. The summed E-state index contributed by atoms with van der Waals surface area (Å²) in [6.07, 6.45) is 6.94. The van der Waals surface area contributed by atoms with Gasteiger partial charge in [0, 0.05) is 14.1 Å². The fourth-order valence-electron chi connectivity index (χ4n) is 1.11. The molecule has 68 valence electrons. The molecule has 0 heterocycles. The molecule has 0 radical (unpaired) electrons. The molecule has 0 N–H and O–H groups in total. The van der Waals surface area contributed by atoms with Crippen LogP contribution in [-0.2, 0) is 4.74 Å². The Kier molecular flexibility index (Phi) is 3.14. The van der Waals surface area contributed by atoms with Crippen molar-refractivity contribution < 1.29 is 9.53 Å². The van der Waals surface area contributed by atoms with Crippen LogP contribution in [0, 0.1) is 0 Å². The summed E-state index contributed by atoms with van der Waals surface area (Å²) in [5, 5.41) is 0. The molecule has 3 heteroatoms. The zero-order valence-electron chi connectivity index (χ0n) is 7.62. The Morgan fingerprint density at radius 2 is 2.33 bits per heavy atom. The van der Waals surface area contributed by atoms with Crippen molar-refractivity contribution in [1.29, 1.82) is 0 Å². The van der Waals surface area contributed by atoms with E-state index in [1.165, 1.54) is 4.90 Å². The van der Waals surface area contributed by atoms with Gasteiger partial charge in [0.1, 0.15) is 6.10 Å². The second-order valence-corrected chi connectivity index (χ2v) is 3.18. The molecule has 1 rings (SSSR count). The monoisotopic (exact) mass is 169 g/mol. The van der Waals surface area contributed by atoms with E-state index < -0.39 is 0 Å². The van der Waals surface area contributed by atoms with E-state index in [0.717, 1.165) is 19.3 Å². The summed E-state index contributed by atoms with van der Waals surface area (Å²) in [5.74, 6) is 0. The van der Waals surface area contributed by atoms with Crippen LogP contribution in [0.25, 0.3) is 0 Å². The smallest absolute Gasteiger partial charge is 0.409 e. The summed E-state index contributed by atoms with van der Waals surface area (Å²) in [7, 11) is 3.38. The largest absolute Gasteiger partial charge is 0.442 e. The lowest BCUT2D eigenvalue weighted by atomic mass is 10.1. The van der Waals surface area contributed by atoms with Crippen molar-refractivity contribution in [1.82, 2.24) is 4.90 Å². The number of nitrogens with zero attached hydrogens (tertiary/aromatic N) is 1. The number of carbonyl (C=O) groups is 1. The molecule has 1 aliphatic rings. The molecular weight excluding hydrogens is 154 g/mol. The second-order valence-electron chi connectivity index (χ2n) is 3.18. The number of allylic oxidation sites excluding steroid dienone is 1. The quantitative estimate of drug-likeness (QED) is 0.560. The van der Waals surface area contributed by atoms with Gasteiger partial charge in [-0.05, 0) is 25.3 Å². The maximum Gasteiger partial charge on any atom is 0.409 e. The van der Waals surface area contributed by atoms with E-state index in [-0.39, 0.29) is 12.2 Å². The van der Waals surface area contributed by atoms with Crippen LogP contribution in [-0.4, -0.2) is 31.2 Å². The predicted molar refractivity (Wildman–Crippen MR) is 46.9 cm³/mol. The van der Waals surface area contributed by atoms with Crippen molar-refractivity contribution in [2.75, 3.05) is 14.1 Å². The van der Waals surface area contributed by atoms with Gasteiger partial charge < -0.3 is 9.64 Å². The van der Waals surface area contributed by atoms with E-state index in [0.29, 0.717) is 0 Å². The molecule has 0 spiro atoms. The second kappa shape index (κ2) is 4.14. The number of amides is 1. The maximum atomic E-state index is 11.1. The van der Waals surface area contributed by atoms with Gasteiger partial charge in [-0.2, -0.15) is 0 Å². The van der Waals surface area contributed by atoms with Crippen LogP contribution in [0.2, 0.25) is 0 Å². The van der Waals surface area contributed by atoms with Crippen molar-refractivity contribution in [3.05, 3.63) is 12.2 Å². The van der Waals surface area contributed by atoms with Gasteiger partial charge in [-0.25, -0.2) is 4.79 Å². The average Bonchev–Trinajstić information content (AvgIpc) is 2.06. The molecule has 1 unspecified atom stereocenters. The van der Waals surface area contributed by atoms with E-state index in [1.807, 2.05) is 6.08 Å². The summed E-state index contributed by atoms with van der Waals surface area (Å²) in [5.41, 5.74) is 0. The lowest BCUT2D eigenvalue weighted by molar-refractivity contribution is 0.0880. The SMILES string of the molecule is CN(C)C(=O)OC1C=CCCC1. The zero-order chi connectivity index (χ0) is 8.97. The summed E-state index contributed by atoms with van der Waals surface area (Å²) >= 11 is 0. The Morgan fingerprint density at radius 1 is 1.58 bits per heavy atom. The first-order valence-corrected chi connectivity index (χ1v) is 4.25. The van der Waals surface area contributed by atoms with Crippen LogP contribution >= 0.6 is 0 Å². The number of carbonyl (C=O) groups excluding carboxylic acids is 1. The fraction of sp³-hybridized carbons (Fsp3) is 0.667. The first-order valence-electron chi connectivity index (χ1n) is 4.25. The van der Waals surface area contributed by atoms with E-state index in [1.54, 1.807) is 14.1 Å². The normalized spacial score (nSPS) is 22.0. The molecule has 0 aromatic heterocycles. The van der Waals surface area contributed by atoms with Gasteiger partial charge in [-0.1, -0.05) is 6.08 Å². The van der Waals surface area contributed by atoms with Crippen molar-refractivity contribution in [3.8, 4) is 0 Å². The summed E-state index contributed by atoms with van der Waals surface area (Å²) in [4.78, 5) is 12.5. The van der Waals surface area contributed by atoms with E-state index in [4.69, 9.17) is 4.74 Å². The van der Waals surface area contributed by atoms with Gasteiger partial charge in [0.05, 0.1) is 0 Å². The number of hydrogen-bond acceptors (Lipinski definition) is 2. The van der Waals surface area contributed by atoms with Crippen molar-refractivity contribution >= 4 is 6.09 Å². The van der Waals surface area contributed by atoms with Crippen LogP contribution in [0.4, 0.5) is 4.79 Å². The highest BCUT2D eigenvalue weighted by molar-refractivity contribution is 5.67. The van der Waals surface area contributed by atoms with E-state index in [9.17, 15) is 4.79 Å².